The summed E-state index contributed by atoms with van der Waals surface area (Å²) >= 11 is 0. The second-order valence-electron chi connectivity index (χ2n) is 4.01. The fourth-order valence-corrected chi connectivity index (χ4v) is 1.87. The predicted octanol–water partition coefficient (Wildman–Crippen LogP) is 0.479. The van der Waals surface area contributed by atoms with Crippen molar-refractivity contribution in [2.24, 2.45) is 17.3 Å². The maximum absolute atomic E-state index is 11.4. The van der Waals surface area contributed by atoms with Crippen molar-refractivity contribution in [3.05, 3.63) is 0 Å². The minimum atomic E-state index is -0.874. The number of aliphatic carboxylic acids is 1. The first-order chi connectivity index (χ1) is 5.92. The van der Waals surface area contributed by atoms with E-state index in [0.29, 0.717) is 6.54 Å². The van der Waals surface area contributed by atoms with Gasteiger partial charge in [0.05, 0.1) is 11.8 Å². The third-order valence-electron chi connectivity index (χ3n) is 2.73. The molecular weight excluding hydrogens is 170 g/mol. The van der Waals surface area contributed by atoms with Crippen LogP contribution < -0.4 is 5.32 Å². The van der Waals surface area contributed by atoms with Gasteiger partial charge in [-0.2, -0.15) is 0 Å². The molecule has 1 saturated carbocycles. The summed E-state index contributed by atoms with van der Waals surface area (Å²) in [6.07, 6.45) is 0. The van der Waals surface area contributed by atoms with Gasteiger partial charge in [0.2, 0.25) is 5.91 Å². The Kier molecular flexibility index (Phi) is 2.32. The van der Waals surface area contributed by atoms with E-state index in [1.807, 2.05) is 20.8 Å². The third-order valence-corrected chi connectivity index (χ3v) is 2.73. The number of carbonyl (C=O) groups is 2. The molecule has 0 heterocycles. The Hall–Kier alpha value is -1.06. The summed E-state index contributed by atoms with van der Waals surface area (Å²) in [5.74, 6) is -1.88. The lowest BCUT2D eigenvalue weighted by atomic mass is 10.1. The lowest BCUT2D eigenvalue weighted by Gasteiger charge is -2.01. The predicted molar refractivity (Wildman–Crippen MR) is 47.1 cm³/mol. The molecule has 1 rings (SSSR count). The van der Waals surface area contributed by atoms with Gasteiger partial charge < -0.3 is 10.4 Å². The van der Waals surface area contributed by atoms with Crippen molar-refractivity contribution in [1.82, 2.24) is 5.32 Å². The Morgan fingerprint density at radius 1 is 1.38 bits per heavy atom. The van der Waals surface area contributed by atoms with Crippen LogP contribution in [0.2, 0.25) is 0 Å². The summed E-state index contributed by atoms with van der Waals surface area (Å²) in [6, 6.07) is 0. The van der Waals surface area contributed by atoms with E-state index in [0.717, 1.165) is 0 Å². The van der Waals surface area contributed by atoms with Gasteiger partial charge in [0.25, 0.3) is 0 Å². The minimum Gasteiger partial charge on any atom is -0.481 e. The van der Waals surface area contributed by atoms with Crippen LogP contribution >= 0.6 is 0 Å². The van der Waals surface area contributed by atoms with Crippen molar-refractivity contribution in [2.45, 2.75) is 20.8 Å². The summed E-state index contributed by atoms with van der Waals surface area (Å²) in [5, 5.41) is 11.4. The maximum Gasteiger partial charge on any atom is 0.307 e. The highest BCUT2D eigenvalue weighted by atomic mass is 16.4. The molecule has 1 aliphatic rings. The number of amides is 1. The summed E-state index contributed by atoms with van der Waals surface area (Å²) in [4.78, 5) is 22.1. The van der Waals surface area contributed by atoms with Crippen LogP contribution in [0.4, 0.5) is 0 Å². The van der Waals surface area contributed by atoms with Crippen molar-refractivity contribution >= 4 is 11.9 Å². The molecule has 4 nitrogen and oxygen atoms in total. The van der Waals surface area contributed by atoms with Crippen LogP contribution in [0, 0.1) is 17.3 Å². The van der Waals surface area contributed by atoms with Gasteiger partial charge in [0, 0.05) is 6.54 Å². The van der Waals surface area contributed by atoms with Crippen LogP contribution in [0.25, 0.3) is 0 Å². The van der Waals surface area contributed by atoms with Gasteiger partial charge in [-0.05, 0) is 12.3 Å². The van der Waals surface area contributed by atoms with Gasteiger partial charge in [-0.1, -0.05) is 13.8 Å². The average molecular weight is 185 g/mol. The van der Waals surface area contributed by atoms with Gasteiger partial charge in [-0.3, -0.25) is 9.59 Å². The number of rotatable bonds is 3. The highest BCUT2D eigenvalue weighted by Crippen LogP contribution is 2.58. The quantitative estimate of drug-likeness (QED) is 0.672. The summed E-state index contributed by atoms with van der Waals surface area (Å²) < 4.78 is 0. The topological polar surface area (TPSA) is 66.4 Å². The number of nitrogens with one attached hydrogen (secondary N) is 1. The van der Waals surface area contributed by atoms with E-state index in [1.165, 1.54) is 0 Å². The average Bonchev–Trinajstić information content (AvgIpc) is 2.54. The monoisotopic (exact) mass is 185 g/mol. The molecule has 2 atom stereocenters. The van der Waals surface area contributed by atoms with Crippen molar-refractivity contribution in [3.8, 4) is 0 Å². The summed E-state index contributed by atoms with van der Waals surface area (Å²) in [5.41, 5.74) is -0.384. The third kappa shape index (κ3) is 1.53. The van der Waals surface area contributed by atoms with E-state index in [9.17, 15) is 9.59 Å². The molecule has 0 aromatic heterocycles. The molecule has 0 aromatic rings. The number of hydrogen-bond donors (Lipinski definition) is 2. The molecule has 1 fully saturated rings. The fraction of sp³-hybridized carbons (Fsp3) is 0.778. The standard InChI is InChI=1S/C9H15NO3/c1-4-10-7(11)5-6(8(12)13)9(5,2)3/h5-6H,4H2,1-3H3,(H,10,11)(H,12,13)/t5-,6+/m1/s1. The molecule has 4 heteroatoms. The van der Waals surface area contributed by atoms with E-state index >= 15 is 0 Å². The van der Waals surface area contributed by atoms with E-state index in [-0.39, 0.29) is 17.2 Å². The van der Waals surface area contributed by atoms with E-state index < -0.39 is 11.9 Å². The van der Waals surface area contributed by atoms with E-state index in [1.54, 1.807) is 0 Å². The highest BCUT2D eigenvalue weighted by molar-refractivity contribution is 5.91. The van der Waals surface area contributed by atoms with Crippen LogP contribution in [0.3, 0.4) is 0 Å². The molecule has 1 aliphatic carbocycles. The van der Waals surface area contributed by atoms with Crippen LogP contribution in [-0.2, 0) is 9.59 Å². The molecule has 0 saturated heterocycles. The molecule has 13 heavy (non-hydrogen) atoms. The lowest BCUT2D eigenvalue weighted by Crippen LogP contribution is -2.26. The molecule has 2 N–H and O–H groups in total. The van der Waals surface area contributed by atoms with Gasteiger partial charge in [0.1, 0.15) is 0 Å². The maximum atomic E-state index is 11.4. The SMILES string of the molecule is CCNC(=O)[C@H]1[C@@H](C(=O)O)C1(C)C. The lowest BCUT2D eigenvalue weighted by molar-refractivity contribution is -0.140. The second kappa shape index (κ2) is 3.01. The van der Waals surface area contributed by atoms with Crippen LogP contribution in [-0.4, -0.2) is 23.5 Å². The molecule has 0 aliphatic heterocycles. The van der Waals surface area contributed by atoms with Crippen LogP contribution in [0.1, 0.15) is 20.8 Å². The fourth-order valence-electron chi connectivity index (χ4n) is 1.87. The van der Waals surface area contributed by atoms with Gasteiger partial charge in [-0.15, -0.1) is 0 Å². The van der Waals surface area contributed by atoms with Gasteiger partial charge in [-0.25, -0.2) is 0 Å². The Morgan fingerprint density at radius 3 is 2.23 bits per heavy atom. The van der Waals surface area contributed by atoms with E-state index in [4.69, 9.17) is 5.11 Å². The molecule has 0 spiro atoms. The zero-order chi connectivity index (χ0) is 10.2. The molecule has 0 unspecified atom stereocenters. The van der Waals surface area contributed by atoms with Crippen molar-refractivity contribution in [1.29, 1.82) is 0 Å². The normalized spacial score (nSPS) is 29.5. The molecule has 0 radical (unpaired) electrons. The highest BCUT2D eigenvalue weighted by Gasteiger charge is 2.65. The molecule has 0 aromatic carbocycles. The number of carboxylic acids is 1. The van der Waals surface area contributed by atoms with Crippen molar-refractivity contribution in [3.63, 3.8) is 0 Å². The summed E-state index contributed by atoms with van der Waals surface area (Å²) in [6.45, 7) is 6.00. The van der Waals surface area contributed by atoms with Crippen molar-refractivity contribution < 1.29 is 14.7 Å². The van der Waals surface area contributed by atoms with Gasteiger partial charge >= 0.3 is 5.97 Å². The number of carboxylic acid groups (broad SMARTS) is 1. The molecule has 1 amide bonds. The number of carbonyl (C=O) groups excluding carboxylic acids is 1. The van der Waals surface area contributed by atoms with Gasteiger partial charge in [0.15, 0.2) is 0 Å². The summed E-state index contributed by atoms with van der Waals surface area (Å²) in [7, 11) is 0. The van der Waals surface area contributed by atoms with E-state index in [2.05, 4.69) is 5.32 Å². The Labute approximate surface area is 77.3 Å². The zero-order valence-electron chi connectivity index (χ0n) is 8.13. The van der Waals surface area contributed by atoms with Crippen molar-refractivity contribution in [2.75, 3.05) is 6.54 Å². The Morgan fingerprint density at radius 2 is 1.92 bits per heavy atom. The number of hydrogen-bond acceptors (Lipinski definition) is 2. The smallest absolute Gasteiger partial charge is 0.307 e. The Bertz CT molecular complexity index is 247. The minimum absolute atomic E-state index is 0.139. The van der Waals surface area contributed by atoms with Crippen LogP contribution in [0.5, 0.6) is 0 Å². The first-order valence-electron chi connectivity index (χ1n) is 4.43. The Balaban J connectivity index is 2.65. The molecule has 74 valence electrons. The zero-order valence-corrected chi connectivity index (χ0v) is 8.13. The first-order valence-corrected chi connectivity index (χ1v) is 4.43. The first kappa shape index (κ1) is 10.0. The molecule has 0 bridgehead atoms. The largest absolute Gasteiger partial charge is 0.481 e. The van der Waals surface area contributed by atoms with Crippen LogP contribution in [0.15, 0.2) is 0 Å². The molecular formula is C9H15NO3. The second-order valence-corrected chi connectivity index (χ2v) is 4.01.